The first kappa shape index (κ1) is 15.8. The Bertz CT molecular complexity index is 337. The molecular weight excluding hydrogens is 248 g/mol. The van der Waals surface area contributed by atoms with Crippen LogP contribution in [-0.2, 0) is 14.3 Å². The van der Waals surface area contributed by atoms with Gasteiger partial charge in [0.05, 0.1) is 30.9 Å². The minimum Gasteiger partial charge on any atom is -0.465 e. The first-order valence-electron chi connectivity index (χ1n) is 6.54. The van der Waals surface area contributed by atoms with Crippen molar-refractivity contribution in [3.05, 3.63) is 0 Å². The third-order valence-corrected chi connectivity index (χ3v) is 2.67. The number of hydrogen-bond donors (Lipinski definition) is 1. The highest BCUT2D eigenvalue weighted by Crippen LogP contribution is 2.27. The molecule has 0 atom stereocenters. The smallest absolute Gasteiger partial charge is 0.325 e. The van der Waals surface area contributed by atoms with Gasteiger partial charge in [0.25, 0.3) is 0 Å². The van der Waals surface area contributed by atoms with E-state index in [1.807, 2.05) is 27.7 Å². The van der Waals surface area contributed by atoms with E-state index < -0.39 is 17.2 Å². The van der Waals surface area contributed by atoms with E-state index in [1.165, 1.54) is 0 Å². The summed E-state index contributed by atoms with van der Waals surface area (Å²) in [5, 5.41) is 2.57. The van der Waals surface area contributed by atoms with Gasteiger partial charge in [-0.1, -0.05) is 0 Å². The van der Waals surface area contributed by atoms with Gasteiger partial charge in [0.15, 0.2) is 0 Å². The van der Waals surface area contributed by atoms with Crippen LogP contribution in [0.25, 0.3) is 0 Å². The SMILES string of the molecule is CCOC(=O)CNC(=O)N1CC(C)(C)OC(C)(C)C1. The Balaban J connectivity index is 2.54. The molecule has 1 fully saturated rings. The van der Waals surface area contributed by atoms with Gasteiger partial charge in [-0.25, -0.2) is 4.79 Å². The maximum Gasteiger partial charge on any atom is 0.325 e. The Morgan fingerprint density at radius 2 is 1.74 bits per heavy atom. The largest absolute Gasteiger partial charge is 0.465 e. The fraction of sp³-hybridized carbons (Fsp3) is 0.846. The first-order valence-corrected chi connectivity index (χ1v) is 6.54. The molecule has 0 bridgehead atoms. The average molecular weight is 272 g/mol. The van der Waals surface area contributed by atoms with E-state index in [1.54, 1.807) is 11.8 Å². The summed E-state index contributed by atoms with van der Waals surface area (Å²) >= 11 is 0. The van der Waals surface area contributed by atoms with Crippen molar-refractivity contribution in [2.45, 2.75) is 45.8 Å². The Morgan fingerprint density at radius 1 is 1.21 bits per heavy atom. The minimum absolute atomic E-state index is 0.106. The van der Waals surface area contributed by atoms with Crippen molar-refractivity contribution in [1.29, 1.82) is 0 Å². The van der Waals surface area contributed by atoms with Crippen LogP contribution in [-0.4, -0.2) is 54.3 Å². The lowest BCUT2D eigenvalue weighted by molar-refractivity contribution is -0.170. The number of morpholine rings is 1. The van der Waals surface area contributed by atoms with Gasteiger partial charge in [-0.2, -0.15) is 0 Å². The van der Waals surface area contributed by atoms with Crippen LogP contribution >= 0.6 is 0 Å². The summed E-state index contributed by atoms with van der Waals surface area (Å²) in [4.78, 5) is 24.9. The summed E-state index contributed by atoms with van der Waals surface area (Å²) in [6.45, 7) is 10.7. The van der Waals surface area contributed by atoms with Gasteiger partial charge in [-0.15, -0.1) is 0 Å². The maximum absolute atomic E-state index is 12.0. The molecule has 0 aromatic rings. The Kier molecular flexibility index (Phi) is 4.79. The molecule has 0 aliphatic carbocycles. The zero-order valence-electron chi connectivity index (χ0n) is 12.4. The van der Waals surface area contributed by atoms with Gasteiger partial charge in [0.2, 0.25) is 0 Å². The highest BCUT2D eigenvalue weighted by Gasteiger charge is 2.39. The minimum atomic E-state index is -0.428. The van der Waals surface area contributed by atoms with Crippen LogP contribution < -0.4 is 5.32 Å². The van der Waals surface area contributed by atoms with Gasteiger partial charge in [-0.05, 0) is 34.6 Å². The number of hydrogen-bond acceptors (Lipinski definition) is 4. The predicted molar refractivity (Wildman–Crippen MR) is 70.8 cm³/mol. The highest BCUT2D eigenvalue weighted by molar-refractivity contribution is 5.81. The molecule has 1 aliphatic heterocycles. The number of amides is 2. The maximum atomic E-state index is 12.0. The standard InChI is InChI=1S/C13H24N2O4/c1-6-18-10(16)7-14-11(17)15-8-12(2,3)19-13(4,5)9-15/h6-9H2,1-5H3,(H,14,17). The summed E-state index contributed by atoms with van der Waals surface area (Å²) in [6, 6.07) is -0.266. The lowest BCUT2D eigenvalue weighted by atomic mass is 9.99. The number of rotatable bonds is 3. The van der Waals surface area contributed by atoms with Crippen molar-refractivity contribution < 1.29 is 19.1 Å². The molecule has 6 nitrogen and oxygen atoms in total. The average Bonchev–Trinajstić information content (AvgIpc) is 2.22. The topological polar surface area (TPSA) is 67.9 Å². The molecule has 2 amide bonds. The van der Waals surface area contributed by atoms with E-state index in [0.29, 0.717) is 19.7 Å². The third-order valence-electron chi connectivity index (χ3n) is 2.67. The summed E-state index contributed by atoms with van der Waals surface area (Å²) in [6.07, 6.45) is 0. The third kappa shape index (κ3) is 5.06. The summed E-state index contributed by atoms with van der Waals surface area (Å²) < 4.78 is 10.7. The van der Waals surface area contributed by atoms with Gasteiger partial charge >= 0.3 is 12.0 Å². The fourth-order valence-electron chi connectivity index (χ4n) is 2.40. The van der Waals surface area contributed by atoms with Crippen molar-refractivity contribution in [2.24, 2.45) is 0 Å². The van der Waals surface area contributed by atoms with Crippen molar-refractivity contribution in [3.8, 4) is 0 Å². The summed E-state index contributed by atoms with van der Waals surface area (Å²) in [7, 11) is 0. The van der Waals surface area contributed by atoms with Crippen molar-refractivity contribution in [1.82, 2.24) is 10.2 Å². The van der Waals surface area contributed by atoms with Crippen molar-refractivity contribution in [2.75, 3.05) is 26.2 Å². The number of carbonyl (C=O) groups excluding carboxylic acids is 2. The molecule has 0 spiro atoms. The molecule has 0 radical (unpaired) electrons. The van der Waals surface area contributed by atoms with E-state index >= 15 is 0 Å². The van der Waals surface area contributed by atoms with Crippen LogP contribution in [0.1, 0.15) is 34.6 Å². The predicted octanol–water partition coefficient (Wildman–Crippen LogP) is 1.15. The lowest BCUT2D eigenvalue weighted by Gasteiger charge is -2.46. The number of ether oxygens (including phenoxy) is 2. The van der Waals surface area contributed by atoms with E-state index in [-0.39, 0.29) is 12.6 Å². The Morgan fingerprint density at radius 3 is 2.21 bits per heavy atom. The molecular formula is C13H24N2O4. The van der Waals surface area contributed by atoms with E-state index in [4.69, 9.17) is 9.47 Å². The molecule has 19 heavy (non-hydrogen) atoms. The molecule has 1 rings (SSSR count). The first-order chi connectivity index (χ1) is 8.65. The van der Waals surface area contributed by atoms with Crippen LogP contribution in [0.4, 0.5) is 4.79 Å². The zero-order chi connectivity index (χ0) is 14.7. The number of nitrogens with one attached hydrogen (secondary N) is 1. The molecule has 1 saturated heterocycles. The van der Waals surface area contributed by atoms with Gasteiger partial charge in [-0.3, -0.25) is 4.79 Å². The van der Waals surface area contributed by atoms with Crippen LogP contribution in [0.2, 0.25) is 0 Å². The second-order valence-corrected chi connectivity index (χ2v) is 5.94. The summed E-state index contributed by atoms with van der Waals surface area (Å²) in [5.74, 6) is -0.428. The van der Waals surface area contributed by atoms with Crippen molar-refractivity contribution in [3.63, 3.8) is 0 Å². The molecule has 1 heterocycles. The second kappa shape index (κ2) is 5.77. The van der Waals surface area contributed by atoms with Gasteiger partial charge in [0.1, 0.15) is 6.54 Å². The van der Waals surface area contributed by atoms with Crippen molar-refractivity contribution >= 4 is 12.0 Å². The lowest BCUT2D eigenvalue weighted by Crippen LogP contribution is -2.60. The Hall–Kier alpha value is -1.30. The zero-order valence-corrected chi connectivity index (χ0v) is 12.4. The van der Waals surface area contributed by atoms with E-state index in [9.17, 15) is 9.59 Å². The van der Waals surface area contributed by atoms with E-state index in [0.717, 1.165) is 0 Å². The normalized spacial score (nSPS) is 20.8. The molecule has 0 aromatic heterocycles. The quantitative estimate of drug-likeness (QED) is 0.783. The fourth-order valence-corrected chi connectivity index (χ4v) is 2.40. The molecule has 0 aromatic carbocycles. The molecule has 110 valence electrons. The van der Waals surface area contributed by atoms with Gasteiger partial charge in [0, 0.05) is 0 Å². The monoisotopic (exact) mass is 272 g/mol. The van der Waals surface area contributed by atoms with Gasteiger partial charge < -0.3 is 19.7 Å². The molecule has 0 unspecified atom stereocenters. The van der Waals surface area contributed by atoms with Crippen LogP contribution in [0.15, 0.2) is 0 Å². The van der Waals surface area contributed by atoms with Crippen LogP contribution in [0.3, 0.4) is 0 Å². The summed E-state index contributed by atoms with van der Waals surface area (Å²) in [5.41, 5.74) is -0.800. The van der Waals surface area contributed by atoms with E-state index in [2.05, 4.69) is 5.32 Å². The molecule has 1 aliphatic rings. The number of carbonyl (C=O) groups is 2. The second-order valence-electron chi connectivity index (χ2n) is 5.94. The van der Waals surface area contributed by atoms with Crippen LogP contribution in [0, 0.1) is 0 Å². The highest BCUT2D eigenvalue weighted by atomic mass is 16.5. The van der Waals surface area contributed by atoms with Crippen LogP contribution in [0.5, 0.6) is 0 Å². The number of esters is 1. The number of nitrogens with zero attached hydrogens (tertiary/aromatic N) is 1. The molecule has 6 heteroatoms. The molecule has 1 N–H and O–H groups in total. The number of urea groups is 1. The Labute approximate surface area is 114 Å². The molecule has 0 saturated carbocycles.